The molecule has 0 fully saturated rings. The number of aryl methyl sites for hydroxylation is 1. The van der Waals surface area contributed by atoms with Gasteiger partial charge in [0.05, 0.1) is 28.6 Å². The number of nitrogens with one attached hydrogen (secondary N) is 1. The number of hydrogen-bond acceptors (Lipinski definition) is 5. The van der Waals surface area contributed by atoms with Crippen LogP contribution in [0.25, 0.3) is 11.3 Å². The highest BCUT2D eigenvalue weighted by Crippen LogP contribution is 2.34. The summed E-state index contributed by atoms with van der Waals surface area (Å²) in [4.78, 5) is 5.75. The van der Waals surface area contributed by atoms with Crippen molar-refractivity contribution in [1.29, 1.82) is 0 Å². The maximum absolute atomic E-state index is 6.30. The Bertz CT molecular complexity index is 948. The fourth-order valence-electron chi connectivity index (χ4n) is 2.51. The van der Waals surface area contributed by atoms with Crippen LogP contribution in [0.4, 0.5) is 5.13 Å². The molecule has 28 heavy (non-hydrogen) atoms. The van der Waals surface area contributed by atoms with Gasteiger partial charge in [0, 0.05) is 10.4 Å². The molecule has 1 N–H and O–H groups in total. The second kappa shape index (κ2) is 9.41. The molecule has 0 spiro atoms. The summed E-state index contributed by atoms with van der Waals surface area (Å²) in [6, 6.07) is 13.6. The van der Waals surface area contributed by atoms with E-state index in [1.165, 1.54) is 0 Å². The number of rotatable bonds is 7. The summed E-state index contributed by atoms with van der Waals surface area (Å²) >= 11 is 14.2. The summed E-state index contributed by atoms with van der Waals surface area (Å²) < 4.78 is 5.68. The molecule has 7 heteroatoms. The summed E-state index contributed by atoms with van der Waals surface area (Å²) in [5, 5.41) is 5.91. The molecular weight excluding hydrogens is 413 g/mol. The number of hydrogen-bond donors (Lipinski definition) is 1. The first-order chi connectivity index (χ1) is 13.4. The fourth-order valence-corrected chi connectivity index (χ4v) is 3.91. The second-order valence-electron chi connectivity index (χ2n) is 6.68. The Balaban J connectivity index is 1.70. The van der Waals surface area contributed by atoms with Crippen LogP contribution < -0.4 is 10.2 Å². The number of thiazole rings is 1. The van der Waals surface area contributed by atoms with E-state index in [9.17, 15) is 0 Å². The van der Waals surface area contributed by atoms with E-state index in [0.29, 0.717) is 28.3 Å². The number of ether oxygens (including phenoxy) is 1. The molecule has 0 bridgehead atoms. The molecule has 0 radical (unpaired) electrons. The van der Waals surface area contributed by atoms with Crippen molar-refractivity contribution in [2.45, 2.75) is 20.8 Å². The van der Waals surface area contributed by atoms with Crippen LogP contribution in [-0.4, -0.2) is 17.8 Å². The minimum absolute atomic E-state index is 0.389. The normalized spacial score (nSPS) is 11.4. The molecule has 1 aromatic heterocycles. The van der Waals surface area contributed by atoms with E-state index in [1.807, 2.05) is 37.3 Å². The van der Waals surface area contributed by atoms with Crippen LogP contribution in [0.5, 0.6) is 5.75 Å². The maximum Gasteiger partial charge on any atom is 0.204 e. The lowest BCUT2D eigenvalue weighted by molar-refractivity contribution is 0.271. The van der Waals surface area contributed by atoms with Crippen molar-refractivity contribution >= 4 is 45.9 Å². The molecule has 146 valence electrons. The van der Waals surface area contributed by atoms with Gasteiger partial charge in [-0.1, -0.05) is 67.4 Å². The van der Waals surface area contributed by atoms with Crippen molar-refractivity contribution in [3.05, 3.63) is 63.0 Å². The quantitative estimate of drug-likeness (QED) is 0.325. The van der Waals surface area contributed by atoms with Crippen molar-refractivity contribution < 1.29 is 4.74 Å². The molecular formula is C21H21Cl2N3OS. The van der Waals surface area contributed by atoms with Gasteiger partial charge in [0.15, 0.2) is 5.75 Å². The van der Waals surface area contributed by atoms with E-state index in [1.54, 1.807) is 29.7 Å². The molecule has 0 aliphatic heterocycles. The van der Waals surface area contributed by atoms with E-state index in [-0.39, 0.29) is 0 Å². The molecule has 3 rings (SSSR count). The van der Waals surface area contributed by atoms with E-state index in [2.05, 4.69) is 29.4 Å². The Morgan fingerprint density at radius 2 is 1.86 bits per heavy atom. The Morgan fingerprint density at radius 1 is 1.18 bits per heavy atom. The van der Waals surface area contributed by atoms with Crippen LogP contribution in [-0.2, 0) is 0 Å². The van der Waals surface area contributed by atoms with Gasteiger partial charge in [-0.3, -0.25) is 5.43 Å². The number of benzene rings is 2. The third kappa shape index (κ3) is 5.25. The lowest BCUT2D eigenvalue weighted by Gasteiger charge is -2.12. The predicted octanol–water partition coefficient (Wildman–Crippen LogP) is 6.91. The Morgan fingerprint density at radius 3 is 2.50 bits per heavy atom. The molecule has 0 amide bonds. The minimum Gasteiger partial charge on any atom is -0.490 e. The van der Waals surface area contributed by atoms with E-state index in [0.717, 1.165) is 26.8 Å². The lowest BCUT2D eigenvalue weighted by atomic mass is 10.1. The summed E-state index contributed by atoms with van der Waals surface area (Å²) in [7, 11) is 0. The first-order valence-electron chi connectivity index (χ1n) is 8.88. The van der Waals surface area contributed by atoms with Crippen LogP contribution in [0.2, 0.25) is 10.0 Å². The van der Waals surface area contributed by atoms with Crippen molar-refractivity contribution in [3.8, 4) is 17.0 Å². The highest BCUT2D eigenvalue weighted by atomic mass is 35.5. The first kappa shape index (κ1) is 20.6. The van der Waals surface area contributed by atoms with Gasteiger partial charge in [0.1, 0.15) is 0 Å². The number of halogens is 2. The molecule has 0 aliphatic carbocycles. The highest BCUT2D eigenvalue weighted by Gasteiger charge is 2.11. The molecule has 2 aromatic carbocycles. The standard InChI is InChI=1S/C21H21Cl2N3OS/c1-13(2)12-27-20-17(22)9-15(10-18(20)23)11-24-26-21-25-19(14(3)28-21)16-7-5-4-6-8-16/h4-11,13H,12H2,1-3H3,(H,25,26)/b24-11-. The molecule has 3 aromatic rings. The monoisotopic (exact) mass is 433 g/mol. The molecule has 0 saturated carbocycles. The third-order valence-corrected chi connectivity index (χ3v) is 5.24. The van der Waals surface area contributed by atoms with Gasteiger partial charge in [-0.15, -0.1) is 11.3 Å². The molecule has 0 aliphatic rings. The average molecular weight is 434 g/mol. The zero-order valence-electron chi connectivity index (χ0n) is 15.9. The van der Waals surface area contributed by atoms with E-state index in [4.69, 9.17) is 27.9 Å². The number of aromatic nitrogens is 1. The first-order valence-corrected chi connectivity index (χ1v) is 10.4. The van der Waals surface area contributed by atoms with E-state index < -0.39 is 0 Å². The van der Waals surface area contributed by atoms with Crippen molar-refractivity contribution in [1.82, 2.24) is 4.98 Å². The highest BCUT2D eigenvalue weighted by molar-refractivity contribution is 7.15. The minimum atomic E-state index is 0.389. The zero-order valence-corrected chi connectivity index (χ0v) is 18.2. The predicted molar refractivity (Wildman–Crippen MR) is 120 cm³/mol. The topological polar surface area (TPSA) is 46.5 Å². The SMILES string of the molecule is Cc1sc(N/N=C\c2cc(Cl)c(OCC(C)C)c(Cl)c2)nc1-c1ccccc1. The third-order valence-electron chi connectivity index (χ3n) is 3.80. The van der Waals surface area contributed by atoms with E-state index >= 15 is 0 Å². The molecule has 0 saturated heterocycles. The van der Waals surface area contributed by atoms with Crippen molar-refractivity contribution in [2.75, 3.05) is 12.0 Å². The van der Waals surface area contributed by atoms with Crippen molar-refractivity contribution in [2.24, 2.45) is 11.0 Å². The number of nitrogens with zero attached hydrogens (tertiary/aromatic N) is 2. The summed E-state index contributed by atoms with van der Waals surface area (Å²) in [6.07, 6.45) is 1.66. The smallest absolute Gasteiger partial charge is 0.204 e. The van der Waals surface area contributed by atoms with Gasteiger partial charge in [0.25, 0.3) is 0 Å². The number of anilines is 1. The maximum atomic E-state index is 6.30. The van der Waals surface area contributed by atoms with Crippen LogP contribution in [0, 0.1) is 12.8 Å². The van der Waals surface area contributed by atoms with Crippen molar-refractivity contribution in [3.63, 3.8) is 0 Å². The van der Waals surface area contributed by atoms with Crippen LogP contribution >= 0.6 is 34.5 Å². The second-order valence-corrected chi connectivity index (χ2v) is 8.70. The van der Waals surface area contributed by atoms with Gasteiger partial charge in [-0.05, 0) is 30.5 Å². The Hall–Kier alpha value is -2.08. The van der Waals surface area contributed by atoms with Gasteiger partial charge >= 0.3 is 0 Å². The van der Waals surface area contributed by atoms with Gasteiger partial charge in [-0.25, -0.2) is 4.98 Å². The zero-order chi connectivity index (χ0) is 20.1. The summed E-state index contributed by atoms with van der Waals surface area (Å²) in [5.74, 6) is 0.894. The van der Waals surface area contributed by atoms with Crippen LogP contribution in [0.3, 0.4) is 0 Å². The molecule has 0 atom stereocenters. The summed E-state index contributed by atoms with van der Waals surface area (Å²) in [5.41, 5.74) is 5.80. The molecule has 4 nitrogen and oxygen atoms in total. The fraction of sp³-hybridized carbons (Fsp3) is 0.238. The van der Waals surface area contributed by atoms with Crippen LogP contribution in [0.15, 0.2) is 47.6 Å². The lowest BCUT2D eigenvalue weighted by Crippen LogP contribution is -2.05. The number of hydrazone groups is 1. The van der Waals surface area contributed by atoms with Gasteiger partial charge < -0.3 is 4.74 Å². The van der Waals surface area contributed by atoms with Gasteiger partial charge in [0.2, 0.25) is 5.13 Å². The van der Waals surface area contributed by atoms with Gasteiger partial charge in [-0.2, -0.15) is 5.10 Å². The molecule has 0 unspecified atom stereocenters. The molecule has 1 heterocycles. The Labute approximate surface area is 179 Å². The van der Waals surface area contributed by atoms with Crippen LogP contribution in [0.1, 0.15) is 24.3 Å². The Kier molecular flexibility index (Phi) is 6.94. The average Bonchev–Trinajstić information content (AvgIpc) is 3.02. The largest absolute Gasteiger partial charge is 0.490 e. The summed E-state index contributed by atoms with van der Waals surface area (Å²) in [6.45, 7) is 6.74.